The van der Waals surface area contributed by atoms with E-state index in [1.165, 1.54) is 0 Å². The van der Waals surface area contributed by atoms with Crippen LogP contribution in [0.3, 0.4) is 0 Å². The van der Waals surface area contributed by atoms with Gasteiger partial charge >= 0.3 is 0 Å². The molecule has 0 aliphatic carbocycles. The van der Waals surface area contributed by atoms with E-state index in [1.54, 1.807) is 47.3 Å². The quantitative estimate of drug-likeness (QED) is 0.532. The smallest absolute Gasteiger partial charge is 0.291 e. The van der Waals surface area contributed by atoms with Crippen molar-refractivity contribution in [2.24, 2.45) is 0 Å². The number of furan rings is 1. The maximum absolute atomic E-state index is 12.6. The number of rotatable bonds is 9. The van der Waals surface area contributed by atoms with Crippen molar-refractivity contribution in [3.63, 3.8) is 0 Å². The Hall–Kier alpha value is -3.26. The first-order chi connectivity index (χ1) is 14.5. The van der Waals surface area contributed by atoms with E-state index in [0.29, 0.717) is 35.3 Å². The minimum absolute atomic E-state index is 0.101. The van der Waals surface area contributed by atoms with Crippen LogP contribution in [0.4, 0.5) is 5.69 Å². The van der Waals surface area contributed by atoms with Crippen LogP contribution >= 0.6 is 11.6 Å². The van der Waals surface area contributed by atoms with Gasteiger partial charge in [0.1, 0.15) is 18.1 Å². The molecule has 0 fully saturated rings. The lowest BCUT2D eigenvalue weighted by molar-refractivity contribution is 0.0948. The van der Waals surface area contributed by atoms with Gasteiger partial charge in [0, 0.05) is 24.3 Å². The van der Waals surface area contributed by atoms with Crippen LogP contribution in [-0.2, 0) is 13.2 Å². The third-order valence-electron chi connectivity index (χ3n) is 4.15. The number of hydrogen-bond donors (Lipinski definition) is 2. The van der Waals surface area contributed by atoms with Crippen LogP contribution in [0.2, 0.25) is 5.02 Å². The fraction of sp³-hybridized carbons (Fsp3) is 0.286. The molecule has 0 radical (unpaired) electrons. The van der Waals surface area contributed by atoms with Crippen molar-refractivity contribution >= 4 is 29.1 Å². The number of benzene rings is 1. The molecule has 8 nitrogen and oxygen atoms in total. The van der Waals surface area contributed by atoms with Crippen LogP contribution in [0.1, 0.15) is 47.1 Å². The largest absolute Gasteiger partial charge is 0.486 e. The molecule has 3 rings (SSSR count). The van der Waals surface area contributed by atoms with Crippen molar-refractivity contribution in [3.05, 3.63) is 64.8 Å². The number of nitrogens with one attached hydrogen (secondary N) is 2. The fourth-order valence-corrected chi connectivity index (χ4v) is 2.82. The standard InChI is InChI=1S/C21H23ClN4O4/c1-3-10-23-21(28)19-17(12-26(4-2)25-19)24-20(27)18-9-8-16(30-18)13-29-15-7-5-6-14(22)11-15/h5-9,11-12H,3-4,10,13H2,1-2H3,(H,23,28)(H,24,27). The van der Waals surface area contributed by atoms with Crippen molar-refractivity contribution in [1.29, 1.82) is 0 Å². The van der Waals surface area contributed by atoms with Gasteiger partial charge in [0.25, 0.3) is 11.8 Å². The van der Waals surface area contributed by atoms with E-state index in [2.05, 4.69) is 15.7 Å². The van der Waals surface area contributed by atoms with E-state index in [9.17, 15) is 9.59 Å². The van der Waals surface area contributed by atoms with Crippen LogP contribution in [0, 0.1) is 0 Å². The van der Waals surface area contributed by atoms with Crippen molar-refractivity contribution in [1.82, 2.24) is 15.1 Å². The lowest BCUT2D eigenvalue weighted by Crippen LogP contribution is -2.26. The molecule has 0 spiro atoms. The fourth-order valence-electron chi connectivity index (χ4n) is 2.64. The van der Waals surface area contributed by atoms with Gasteiger partial charge in [-0.05, 0) is 43.7 Å². The van der Waals surface area contributed by atoms with Crippen LogP contribution < -0.4 is 15.4 Å². The molecule has 0 aliphatic rings. The lowest BCUT2D eigenvalue weighted by atomic mass is 10.3. The maximum Gasteiger partial charge on any atom is 0.291 e. The summed E-state index contributed by atoms with van der Waals surface area (Å²) in [6.45, 7) is 5.09. The molecule has 2 N–H and O–H groups in total. The van der Waals surface area contributed by atoms with Gasteiger partial charge in [0.15, 0.2) is 11.5 Å². The van der Waals surface area contributed by atoms with Crippen LogP contribution in [0.25, 0.3) is 0 Å². The number of nitrogens with zero attached hydrogens (tertiary/aromatic N) is 2. The maximum atomic E-state index is 12.6. The highest BCUT2D eigenvalue weighted by Crippen LogP contribution is 2.20. The Balaban J connectivity index is 1.66. The van der Waals surface area contributed by atoms with Gasteiger partial charge in [-0.1, -0.05) is 24.6 Å². The Morgan fingerprint density at radius 2 is 2.03 bits per heavy atom. The molecule has 30 heavy (non-hydrogen) atoms. The molecule has 3 aromatic rings. The number of hydrogen-bond acceptors (Lipinski definition) is 5. The van der Waals surface area contributed by atoms with Crippen molar-refractivity contribution in [2.75, 3.05) is 11.9 Å². The van der Waals surface area contributed by atoms with Crippen LogP contribution in [0.5, 0.6) is 5.75 Å². The second-order valence-corrected chi connectivity index (χ2v) is 6.91. The monoisotopic (exact) mass is 430 g/mol. The summed E-state index contributed by atoms with van der Waals surface area (Å²) in [6.07, 6.45) is 2.42. The highest BCUT2D eigenvalue weighted by Gasteiger charge is 2.20. The summed E-state index contributed by atoms with van der Waals surface area (Å²) in [4.78, 5) is 24.9. The molecule has 2 amide bonds. The van der Waals surface area contributed by atoms with Crippen molar-refractivity contribution in [2.45, 2.75) is 33.4 Å². The first-order valence-corrected chi connectivity index (χ1v) is 10.0. The third-order valence-corrected chi connectivity index (χ3v) is 4.38. The second-order valence-electron chi connectivity index (χ2n) is 6.47. The number of carbonyl (C=O) groups excluding carboxylic acids is 2. The molecule has 2 heterocycles. The third kappa shape index (κ3) is 5.42. The molecule has 0 aliphatic heterocycles. The van der Waals surface area contributed by atoms with Crippen molar-refractivity contribution in [3.8, 4) is 5.75 Å². The molecule has 158 valence electrons. The molecule has 0 unspecified atom stereocenters. The summed E-state index contributed by atoms with van der Waals surface area (Å²) < 4.78 is 12.8. The predicted molar refractivity (Wildman–Crippen MR) is 113 cm³/mol. The molecule has 9 heteroatoms. The Morgan fingerprint density at radius 3 is 2.77 bits per heavy atom. The van der Waals surface area contributed by atoms with Crippen molar-refractivity contribution < 1.29 is 18.7 Å². The summed E-state index contributed by atoms with van der Waals surface area (Å²) in [7, 11) is 0. The number of aromatic nitrogens is 2. The number of aryl methyl sites for hydroxylation is 1. The summed E-state index contributed by atoms with van der Waals surface area (Å²) in [5, 5.41) is 10.3. The molecular weight excluding hydrogens is 408 g/mol. The number of amides is 2. The average molecular weight is 431 g/mol. The highest BCUT2D eigenvalue weighted by molar-refractivity contribution is 6.30. The zero-order valence-electron chi connectivity index (χ0n) is 16.8. The number of ether oxygens (including phenoxy) is 1. The highest BCUT2D eigenvalue weighted by atomic mass is 35.5. The van der Waals surface area contributed by atoms with E-state index in [-0.39, 0.29) is 24.0 Å². The molecular formula is C21H23ClN4O4. The summed E-state index contributed by atoms with van der Waals surface area (Å²) in [6, 6.07) is 10.2. The Bertz CT molecular complexity index is 1030. The van der Waals surface area contributed by atoms with Gasteiger partial charge in [0.05, 0.1) is 5.69 Å². The van der Waals surface area contributed by atoms with E-state index in [0.717, 1.165) is 6.42 Å². The topological polar surface area (TPSA) is 98.4 Å². The zero-order valence-corrected chi connectivity index (χ0v) is 17.5. The first-order valence-electron chi connectivity index (χ1n) is 9.64. The van der Waals surface area contributed by atoms with Crippen LogP contribution in [-0.4, -0.2) is 28.1 Å². The predicted octanol–water partition coefficient (Wildman–Crippen LogP) is 4.12. The summed E-state index contributed by atoms with van der Waals surface area (Å²) in [5.41, 5.74) is 0.485. The molecule has 0 saturated carbocycles. The van der Waals surface area contributed by atoms with Gasteiger partial charge in [-0.2, -0.15) is 5.10 Å². The Labute approximate surface area is 179 Å². The zero-order chi connectivity index (χ0) is 21.5. The molecule has 0 bridgehead atoms. The molecule has 0 saturated heterocycles. The average Bonchev–Trinajstić information content (AvgIpc) is 3.37. The van der Waals surface area contributed by atoms with E-state index < -0.39 is 5.91 Å². The number of carbonyl (C=O) groups is 2. The normalized spacial score (nSPS) is 10.6. The lowest BCUT2D eigenvalue weighted by Gasteiger charge is -2.05. The van der Waals surface area contributed by atoms with E-state index >= 15 is 0 Å². The number of anilines is 1. The SMILES string of the molecule is CCCNC(=O)c1nn(CC)cc1NC(=O)c1ccc(COc2cccc(Cl)c2)o1. The van der Waals surface area contributed by atoms with Gasteiger partial charge in [-0.3, -0.25) is 14.3 Å². The van der Waals surface area contributed by atoms with Gasteiger partial charge < -0.3 is 19.8 Å². The Kier molecular flexibility index (Phi) is 7.13. The van der Waals surface area contributed by atoms with E-state index in [4.69, 9.17) is 20.8 Å². The Morgan fingerprint density at radius 1 is 1.20 bits per heavy atom. The molecule has 2 aromatic heterocycles. The minimum Gasteiger partial charge on any atom is -0.486 e. The van der Waals surface area contributed by atoms with Gasteiger partial charge in [-0.15, -0.1) is 0 Å². The second kappa shape index (κ2) is 9.98. The molecule has 1 aromatic carbocycles. The minimum atomic E-state index is -0.482. The first kappa shape index (κ1) is 21.4. The molecule has 0 atom stereocenters. The summed E-state index contributed by atoms with van der Waals surface area (Å²) in [5.74, 6) is 0.354. The summed E-state index contributed by atoms with van der Waals surface area (Å²) >= 11 is 5.93. The van der Waals surface area contributed by atoms with Gasteiger partial charge in [0.2, 0.25) is 0 Å². The number of halogens is 1. The van der Waals surface area contributed by atoms with Crippen LogP contribution in [0.15, 0.2) is 47.0 Å². The van der Waals surface area contributed by atoms with Gasteiger partial charge in [-0.25, -0.2) is 0 Å². The van der Waals surface area contributed by atoms with E-state index in [1.807, 2.05) is 13.8 Å².